The zero-order chi connectivity index (χ0) is 40.8. The van der Waals surface area contributed by atoms with Gasteiger partial charge in [-0.25, -0.2) is 9.97 Å². The summed E-state index contributed by atoms with van der Waals surface area (Å²) in [5.41, 5.74) is 10.7. The smallest absolute Gasteiger partial charge is 0.224 e. The fourth-order valence-electron chi connectivity index (χ4n) is 9.67. The van der Waals surface area contributed by atoms with Gasteiger partial charge in [0.25, 0.3) is 0 Å². The third-order valence-corrected chi connectivity index (χ3v) is 13.2. The van der Waals surface area contributed by atoms with Crippen molar-refractivity contribution < 1.29 is 23.7 Å². The van der Waals surface area contributed by atoms with Crippen molar-refractivity contribution in [3.05, 3.63) is 66.1 Å². The minimum Gasteiger partial charge on any atom is -0.497 e. The molecule has 3 aliphatic carbocycles. The van der Waals surface area contributed by atoms with Crippen LogP contribution in [0.4, 0.5) is 17.2 Å². The van der Waals surface area contributed by atoms with Crippen molar-refractivity contribution in [1.82, 2.24) is 19.4 Å². The monoisotopic (exact) mass is 793 g/mol. The van der Waals surface area contributed by atoms with E-state index in [9.17, 15) is 4.79 Å². The van der Waals surface area contributed by atoms with Crippen LogP contribution in [-0.4, -0.2) is 76.7 Å². The van der Waals surface area contributed by atoms with Crippen LogP contribution < -0.4 is 25.8 Å². The molecule has 0 unspecified atom stereocenters. The van der Waals surface area contributed by atoms with E-state index in [1.165, 1.54) is 19.3 Å². The average molecular weight is 794 g/mol. The maximum atomic E-state index is 13.0. The van der Waals surface area contributed by atoms with Crippen LogP contribution in [0.1, 0.15) is 103 Å². The van der Waals surface area contributed by atoms with Gasteiger partial charge in [-0.3, -0.25) is 9.69 Å². The molecule has 0 radical (unpaired) electrons. The molecule has 58 heavy (non-hydrogen) atoms. The molecule has 2 aromatic carbocycles. The van der Waals surface area contributed by atoms with Crippen molar-refractivity contribution in [2.45, 2.75) is 128 Å². The number of benzene rings is 2. The largest absolute Gasteiger partial charge is 0.497 e. The molecular weight excluding hydrogens is 731 g/mol. The van der Waals surface area contributed by atoms with Crippen LogP contribution in [0.15, 0.2) is 55.0 Å². The summed E-state index contributed by atoms with van der Waals surface area (Å²) in [6.07, 6.45) is 12.3. The van der Waals surface area contributed by atoms with E-state index in [0.717, 1.165) is 84.2 Å². The lowest BCUT2D eigenvalue weighted by Gasteiger charge is -2.46. The van der Waals surface area contributed by atoms with Gasteiger partial charge >= 0.3 is 0 Å². The number of nitrogens with zero attached hydrogens (tertiary/aromatic N) is 4. The Morgan fingerprint density at radius 2 is 1.78 bits per heavy atom. The predicted octanol–water partition coefficient (Wildman–Crippen LogP) is 8.32. The van der Waals surface area contributed by atoms with E-state index >= 15 is 0 Å². The Morgan fingerprint density at radius 1 is 0.983 bits per heavy atom. The molecule has 312 valence electrons. The van der Waals surface area contributed by atoms with E-state index in [-0.39, 0.29) is 29.6 Å². The molecule has 4 N–H and O–H groups in total. The van der Waals surface area contributed by atoms with Crippen LogP contribution in [0.5, 0.6) is 11.5 Å². The van der Waals surface area contributed by atoms with Crippen molar-refractivity contribution in [2.24, 2.45) is 17.8 Å². The zero-order valence-corrected chi connectivity index (χ0v) is 35.4. The van der Waals surface area contributed by atoms with E-state index in [1.807, 2.05) is 44.2 Å². The van der Waals surface area contributed by atoms with E-state index in [0.29, 0.717) is 42.2 Å². The molecule has 4 aliphatic rings. The van der Waals surface area contributed by atoms with Crippen LogP contribution in [0.25, 0.3) is 11.0 Å². The van der Waals surface area contributed by atoms with Gasteiger partial charge < -0.3 is 39.9 Å². The fourth-order valence-corrected chi connectivity index (χ4v) is 9.67. The first-order valence-electron chi connectivity index (χ1n) is 21.3. The summed E-state index contributed by atoms with van der Waals surface area (Å²) >= 11 is 0. The van der Waals surface area contributed by atoms with Crippen molar-refractivity contribution in [3.63, 3.8) is 0 Å². The molecule has 0 spiro atoms. The number of aromatic nitrogens is 3. The number of hydrogen-bond acceptors (Lipinski definition) is 10. The van der Waals surface area contributed by atoms with E-state index in [1.54, 1.807) is 20.5 Å². The highest BCUT2D eigenvalue weighted by Crippen LogP contribution is 2.49. The Hall–Kier alpha value is -4.39. The lowest BCUT2D eigenvalue weighted by atomic mass is 9.75. The molecule has 0 bridgehead atoms. The number of hydrogen-bond donors (Lipinski definition) is 3. The number of anilines is 3. The second kappa shape index (κ2) is 16.3. The number of nitrogens with one attached hydrogen (secondary N) is 2. The summed E-state index contributed by atoms with van der Waals surface area (Å²) in [6, 6.07) is 14.5. The normalized spacial score (nSPS) is 25.3. The molecule has 4 aromatic rings. The van der Waals surface area contributed by atoms with Gasteiger partial charge in [-0.05, 0) is 106 Å². The summed E-state index contributed by atoms with van der Waals surface area (Å²) in [6.45, 7) is 13.2. The van der Waals surface area contributed by atoms with Crippen molar-refractivity contribution in [1.29, 1.82) is 0 Å². The molecule has 2 aromatic heterocycles. The van der Waals surface area contributed by atoms with Gasteiger partial charge in [-0.2, -0.15) is 0 Å². The maximum absolute atomic E-state index is 13.0. The number of amides is 1. The topological polar surface area (TPSA) is 138 Å². The highest BCUT2D eigenvalue weighted by molar-refractivity contribution is 5.94. The average Bonchev–Trinajstić information content (AvgIpc) is 3.82. The summed E-state index contributed by atoms with van der Waals surface area (Å²) in [5.74, 6) is 3.30. The maximum Gasteiger partial charge on any atom is 0.224 e. The van der Waals surface area contributed by atoms with Gasteiger partial charge in [-0.1, -0.05) is 33.3 Å². The van der Waals surface area contributed by atoms with E-state index in [4.69, 9.17) is 29.7 Å². The standard InChI is InChI=1S/C46H63N7O5/c1-45(2,3)32-13-15-37(36(47)22-32)51-40(54)16-11-29-19-33(20-29)52(25-28-9-8-10-28)26-31-21-38(42-41(31)57-46(4,5)58-42)53-18-17-35-43(49-27-50-44(35)53)48-24-30-12-14-34(55-6)23-39(30)56-7/h12-15,17-18,22-23,27-29,31,33,38,41-42H,8-11,16,19-21,24-26,47H2,1-7H3,(H,51,54)(H,48,49,50)/t29?,31-,33?,38-,41-,42+/m1/s1. The quantitative estimate of drug-likeness (QED) is 0.101. The molecule has 1 amide bonds. The molecule has 12 nitrogen and oxygen atoms in total. The number of fused-ring (bicyclic) bond motifs is 2. The Morgan fingerprint density at radius 3 is 2.48 bits per heavy atom. The molecule has 8 rings (SSSR count). The van der Waals surface area contributed by atoms with Gasteiger partial charge in [0.2, 0.25) is 5.91 Å². The number of carbonyl (C=O) groups excluding carboxylic acids is 1. The Kier molecular flexibility index (Phi) is 11.4. The Labute approximate surface area is 343 Å². The Bertz CT molecular complexity index is 2080. The molecule has 4 fully saturated rings. The van der Waals surface area contributed by atoms with Gasteiger partial charge in [0.15, 0.2) is 5.79 Å². The number of rotatable bonds is 15. The number of nitrogen functional groups attached to an aromatic ring is 1. The molecule has 4 atom stereocenters. The number of methoxy groups -OCH3 is 2. The number of ether oxygens (including phenoxy) is 4. The highest BCUT2D eigenvalue weighted by Gasteiger charge is 2.55. The van der Waals surface area contributed by atoms with E-state index < -0.39 is 5.79 Å². The first kappa shape index (κ1) is 40.4. The second-order valence-electron chi connectivity index (χ2n) is 18.7. The minimum atomic E-state index is -0.658. The fraction of sp³-hybridized carbons (Fsp3) is 0.587. The van der Waals surface area contributed by atoms with Gasteiger partial charge in [0, 0.05) is 55.8 Å². The lowest BCUT2D eigenvalue weighted by molar-refractivity contribution is -0.161. The van der Waals surface area contributed by atoms with Crippen molar-refractivity contribution in [3.8, 4) is 11.5 Å². The molecule has 3 saturated carbocycles. The summed E-state index contributed by atoms with van der Waals surface area (Å²) in [5, 5.41) is 7.57. The number of nitrogens with two attached hydrogens (primary N) is 1. The van der Waals surface area contributed by atoms with E-state index in [2.05, 4.69) is 64.2 Å². The number of carbonyl (C=O) groups is 1. The Balaban J connectivity index is 0.921. The van der Waals surface area contributed by atoms with Crippen molar-refractivity contribution >= 4 is 34.1 Å². The second-order valence-corrected chi connectivity index (χ2v) is 18.7. The van der Waals surface area contributed by atoms with Crippen LogP contribution in [0.3, 0.4) is 0 Å². The van der Waals surface area contributed by atoms with Crippen LogP contribution in [0.2, 0.25) is 0 Å². The first-order chi connectivity index (χ1) is 27.8. The van der Waals surface area contributed by atoms with Gasteiger partial charge in [0.1, 0.15) is 35.4 Å². The van der Waals surface area contributed by atoms with Gasteiger partial charge in [0.05, 0.1) is 43.1 Å². The van der Waals surface area contributed by atoms with Crippen LogP contribution in [0, 0.1) is 17.8 Å². The van der Waals surface area contributed by atoms with Crippen molar-refractivity contribution in [2.75, 3.05) is 43.7 Å². The molecule has 12 heteroatoms. The van der Waals surface area contributed by atoms with Gasteiger partial charge in [-0.15, -0.1) is 0 Å². The summed E-state index contributed by atoms with van der Waals surface area (Å²) in [4.78, 5) is 25.3. The zero-order valence-electron chi connectivity index (χ0n) is 35.4. The molecule has 1 saturated heterocycles. The van der Waals surface area contributed by atoms with Crippen LogP contribution in [-0.2, 0) is 26.2 Å². The molecule has 3 heterocycles. The first-order valence-corrected chi connectivity index (χ1v) is 21.3. The predicted molar refractivity (Wildman–Crippen MR) is 228 cm³/mol. The third-order valence-electron chi connectivity index (χ3n) is 13.2. The molecule has 1 aliphatic heterocycles. The van der Waals surface area contributed by atoms with Crippen LogP contribution >= 0.6 is 0 Å². The molecular formula is C46H63N7O5. The minimum absolute atomic E-state index is 0.00451. The summed E-state index contributed by atoms with van der Waals surface area (Å²) < 4.78 is 26.8. The lowest BCUT2D eigenvalue weighted by Crippen LogP contribution is -2.50. The summed E-state index contributed by atoms with van der Waals surface area (Å²) in [7, 11) is 3.32. The third kappa shape index (κ3) is 8.51. The SMILES string of the molecule is COc1ccc(CNc2ncnc3c2ccn3[C@@H]2C[C@H](CN(CC3CCC3)C3CC(CCC(=O)Nc4ccc(C(C)(C)C)cc4N)C3)[C@H]3OC(C)(C)O[C@H]32)c(OC)c1. The highest BCUT2D eigenvalue weighted by atomic mass is 16.8.